The smallest absolute Gasteiger partial charge is 0.385 e. The van der Waals surface area contributed by atoms with Gasteiger partial charge in [0.05, 0.1) is 0 Å². The summed E-state index contributed by atoms with van der Waals surface area (Å²) in [6.07, 6.45) is 13.9. The summed E-state index contributed by atoms with van der Waals surface area (Å²) in [5.74, 6) is 0. The van der Waals surface area contributed by atoms with Crippen molar-refractivity contribution < 1.29 is 8.85 Å². The minimum Gasteiger partial charge on any atom is -0.385 e. The quantitative estimate of drug-likeness (QED) is 0.668. The van der Waals surface area contributed by atoms with Crippen molar-refractivity contribution >= 4 is 9.45 Å². The van der Waals surface area contributed by atoms with Crippen LogP contribution in [0.3, 0.4) is 0 Å². The van der Waals surface area contributed by atoms with Crippen LogP contribution in [0.25, 0.3) is 0 Å². The summed E-state index contributed by atoms with van der Waals surface area (Å²) in [5, 5.41) is 0. The Morgan fingerprint density at radius 2 is 1.15 bits per heavy atom. The molecule has 0 saturated heterocycles. The fraction of sp³-hybridized carbons (Fsp3) is 1.00. The molecule has 2 rings (SSSR count). The third-order valence-electron chi connectivity index (χ3n) is 4.85. The van der Waals surface area contributed by atoms with Gasteiger partial charge in [-0.05, 0) is 39.5 Å². The van der Waals surface area contributed by atoms with E-state index in [1.54, 1.807) is 0 Å². The molecule has 0 N–H and O–H groups in total. The van der Waals surface area contributed by atoms with Gasteiger partial charge in [0.15, 0.2) is 0 Å². The molecule has 2 fully saturated rings. The van der Waals surface area contributed by atoms with Crippen molar-refractivity contribution in [1.82, 2.24) is 4.57 Å². The average molecular weight is 300 g/mol. The van der Waals surface area contributed by atoms with Crippen LogP contribution in [0.4, 0.5) is 0 Å². The second-order valence-corrected chi connectivity index (χ2v) is 8.13. The summed E-state index contributed by atoms with van der Waals surface area (Å²) >= 11 is 0. The molecule has 0 aliphatic heterocycles. The first kappa shape index (κ1) is 16.5. The Morgan fingerprint density at radius 1 is 0.750 bits per heavy atom. The minimum atomic E-state index is -1.66. The number of hydrogen-bond donors (Lipinski definition) is 0. The van der Waals surface area contributed by atoms with Crippen LogP contribution in [0.15, 0.2) is 0 Å². The largest absolute Gasteiger partial charge is 0.411 e. The highest BCUT2D eigenvalue weighted by Gasteiger charge is 2.36. The minimum absolute atomic E-state index is 0.738. The van der Waals surface area contributed by atoms with Crippen molar-refractivity contribution in [2.24, 2.45) is 0 Å². The molecule has 0 heterocycles. The Kier molecular flexibility index (Phi) is 7.56. The molecule has 2 saturated carbocycles. The first-order valence-electron chi connectivity index (χ1n) is 8.87. The molecule has 0 unspecified atom stereocenters. The zero-order valence-corrected chi connectivity index (χ0v) is 14.6. The van der Waals surface area contributed by atoms with E-state index in [0.717, 1.165) is 25.3 Å². The topological polar surface area (TPSA) is 21.7 Å². The zero-order valence-electron chi connectivity index (χ0n) is 13.5. The maximum atomic E-state index is 6.09. The lowest BCUT2D eigenvalue weighted by Gasteiger charge is -2.44. The monoisotopic (exact) mass is 299 g/mol. The maximum Gasteiger partial charge on any atom is 0.411 e. The molecule has 118 valence electrons. The van der Waals surface area contributed by atoms with Crippen molar-refractivity contribution in [3.05, 3.63) is 0 Å². The zero-order chi connectivity index (χ0) is 14.2. The first-order valence-corrected chi connectivity index (χ1v) is 10.3. The lowest BCUT2D eigenvalue weighted by Crippen LogP contribution is -2.56. The Hall–Kier alpha value is 0.0969. The van der Waals surface area contributed by atoms with E-state index in [4.69, 9.17) is 8.85 Å². The molecule has 3 nitrogen and oxygen atoms in total. The van der Waals surface area contributed by atoms with E-state index in [1.165, 1.54) is 64.2 Å². The molecule has 0 radical (unpaired) electrons. The molecular formula is C16H33NO2Si. The maximum absolute atomic E-state index is 6.09. The third-order valence-corrected chi connectivity index (χ3v) is 7.42. The molecule has 0 spiro atoms. The van der Waals surface area contributed by atoms with Crippen LogP contribution in [-0.4, -0.2) is 39.3 Å². The Balaban J connectivity index is 2.07. The van der Waals surface area contributed by atoms with Crippen molar-refractivity contribution in [3.8, 4) is 0 Å². The molecule has 0 aromatic carbocycles. The summed E-state index contributed by atoms with van der Waals surface area (Å²) in [4.78, 5) is 0. The molecule has 0 bridgehead atoms. The summed E-state index contributed by atoms with van der Waals surface area (Å²) in [7, 11) is -1.66. The van der Waals surface area contributed by atoms with E-state index in [0.29, 0.717) is 0 Å². The van der Waals surface area contributed by atoms with Crippen LogP contribution in [0.5, 0.6) is 0 Å². The van der Waals surface area contributed by atoms with Crippen LogP contribution in [-0.2, 0) is 8.85 Å². The lowest BCUT2D eigenvalue weighted by molar-refractivity contribution is 0.0786. The van der Waals surface area contributed by atoms with E-state index in [-0.39, 0.29) is 0 Å². The Bertz CT molecular complexity index is 229. The molecule has 0 amide bonds. The molecule has 0 aromatic heterocycles. The molecule has 2 aliphatic rings. The lowest BCUT2D eigenvalue weighted by atomic mass is 9.91. The van der Waals surface area contributed by atoms with Gasteiger partial charge in [-0.3, -0.25) is 4.57 Å². The molecule has 4 heteroatoms. The van der Waals surface area contributed by atoms with E-state index in [1.807, 2.05) is 0 Å². The summed E-state index contributed by atoms with van der Waals surface area (Å²) in [5.41, 5.74) is 0. The Morgan fingerprint density at radius 3 is 1.50 bits per heavy atom. The summed E-state index contributed by atoms with van der Waals surface area (Å²) < 4.78 is 14.9. The first-order chi connectivity index (χ1) is 9.86. The van der Waals surface area contributed by atoms with Gasteiger partial charge in [0.2, 0.25) is 0 Å². The van der Waals surface area contributed by atoms with Gasteiger partial charge in [0.25, 0.3) is 0 Å². The van der Waals surface area contributed by atoms with Crippen molar-refractivity contribution in [3.63, 3.8) is 0 Å². The van der Waals surface area contributed by atoms with Gasteiger partial charge in [-0.1, -0.05) is 38.5 Å². The molecule has 2 aliphatic carbocycles. The predicted octanol–water partition coefficient (Wildman–Crippen LogP) is 3.74. The van der Waals surface area contributed by atoms with Crippen LogP contribution >= 0.6 is 0 Å². The van der Waals surface area contributed by atoms with Crippen molar-refractivity contribution in [2.45, 2.75) is 90.1 Å². The third kappa shape index (κ3) is 4.55. The van der Waals surface area contributed by atoms with Gasteiger partial charge in [0.1, 0.15) is 0 Å². The highest BCUT2D eigenvalue weighted by Crippen LogP contribution is 2.31. The van der Waals surface area contributed by atoms with Crippen LogP contribution in [0.1, 0.15) is 78.1 Å². The van der Waals surface area contributed by atoms with E-state index < -0.39 is 9.45 Å². The molecule has 0 atom stereocenters. The predicted molar refractivity (Wildman–Crippen MR) is 86.0 cm³/mol. The molecular weight excluding hydrogens is 266 g/mol. The number of hydrogen-bond acceptors (Lipinski definition) is 3. The van der Waals surface area contributed by atoms with Gasteiger partial charge < -0.3 is 8.85 Å². The second kappa shape index (κ2) is 9.18. The Labute approximate surface area is 126 Å². The highest BCUT2D eigenvalue weighted by atomic mass is 28.3. The number of nitrogens with zero attached hydrogens (tertiary/aromatic N) is 1. The normalized spacial score (nSPS) is 22.8. The average Bonchev–Trinajstić information content (AvgIpc) is 2.50. The standard InChI is InChI=1S/C16H33NO2Si/c1-3-18-20(19-4-2)17(15-11-7-5-8-12-15)16-13-9-6-10-14-16/h15-16,20H,3-14H2,1-2H3. The fourth-order valence-corrected chi connectivity index (χ4v) is 6.20. The SMILES string of the molecule is CCO[SiH](OCC)N(C1CCCCC1)C1CCCCC1. The number of rotatable bonds is 7. The van der Waals surface area contributed by atoms with Crippen LogP contribution in [0, 0.1) is 0 Å². The molecule has 20 heavy (non-hydrogen) atoms. The second-order valence-electron chi connectivity index (χ2n) is 6.25. The van der Waals surface area contributed by atoms with Gasteiger partial charge in [-0.25, -0.2) is 0 Å². The van der Waals surface area contributed by atoms with Gasteiger partial charge in [0, 0.05) is 25.3 Å². The van der Waals surface area contributed by atoms with E-state index in [2.05, 4.69) is 18.4 Å². The molecule has 0 aromatic rings. The van der Waals surface area contributed by atoms with Crippen molar-refractivity contribution in [2.75, 3.05) is 13.2 Å². The van der Waals surface area contributed by atoms with Crippen LogP contribution < -0.4 is 0 Å². The summed E-state index contributed by atoms with van der Waals surface area (Å²) in [6.45, 7) is 5.82. The van der Waals surface area contributed by atoms with E-state index in [9.17, 15) is 0 Å². The van der Waals surface area contributed by atoms with Crippen molar-refractivity contribution in [1.29, 1.82) is 0 Å². The van der Waals surface area contributed by atoms with E-state index >= 15 is 0 Å². The van der Waals surface area contributed by atoms with Gasteiger partial charge in [-0.2, -0.15) is 0 Å². The fourth-order valence-electron chi connectivity index (χ4n) is 3.91. The van der Waals surface area contributed by atoms with Gasteiger partial charge >= 0.3 is 9.45 Å². The van der Waals surface area contributed by atoms with Crippen LogP contribution in [0.2, 0.25) is 0 Å². The highest BCUT2D eigenvalue weighted by molar-refractivity contribution is 6.41. The van der Waals surface area contributed by atoms with Gasteiger partial charge in [-0.15, -0.1) is 0 Å². The summed E-state index contributed by atoms with van der Waals surface area (Å²) in [6, 6.07) is 1.48.